The highest BCUT2D eigenvalue weighted by Crippen LogP contribution is 2.18. The van der Waals surface area contributed by atoms with Crippen LogP contribution in [-0.2, 0) is 11.3 Å². The zero-order chi connectivity index (χ0) is 19.1. The van der Waals surface area contributed by atoms with Crippen molar-refractivity contribution in [3.8, 4) is 0 Å². The fourth-order valence-corrected chi connectivity index (χ4v) is 2.39. The van der Waals surface area contributed by atoms with Crippen LogP contribution in [-0.4, -0.2) is 29.0 Å². The lowest BCUT2D eigenvalue weighted by atomic mass is 10.2. The summed E-state index contributed by atoms with van der Waals surface area (Å²) in [4.78, 5) is 31.9. The van der Waals surface area contributed by atoms with Crippen molar-refractivity contribution < 1.29 is 14.3 Å². The quantitative estimate of drug-likeness (QED) is 0.655. The maximum absolute atomic E-state index is 12.3. The second kappa shape index (κ2) is 8.57. The molecule has 3 aromatic rings. The third-order valence-corrected chi connectivity index (χ3v) is 3.77. The van der Waals surface area contributed by atoms with Crippen molar-refractivity contribution in [2.24, 2.45) is 0 Å². The highest BCUT2D eigenvalue weighted by atomic mass is 16.5. The summed E-state index contributed by atoms with van der Waals surface area (Å²) in [5, 5.41) is 5.99. The van der Waals surface area contributed by atoms with E-state index in [0.717, 1.165) is 11.3 Å². The first-order valence-corrected chi connectivity index (χ1v) is 8.23. The Morgan fingerprint density at radius 1 is 0.963 bits per heavy atom. The number of hydrogen-bond donors (Lipinski definition) is 2. The Bertz CT molecular complexity index is 927. The molecular weight excluding hydrogens is 344 g/mol. The number of nitrogens with one attached hydrogen (secondary N) is 2. The van der Waals surface area contributed by atoms with Crippen LogP contribution in [0.2, 0.25) is 0 Å². The number of aromatic nitrogens is 2. The number of anilines is 2. The first-order valence-electron chi connectivity index (χ1n) is 8.23. The third kappa shape index (κ3) is 4.88. The minimum atomic E-state index is -0.393. The molecule has 2 heterocycles. The van der Waals surface area contributed by atoms with E-state index in [9.17, 15) is 9.59 Å². The SMILES string of the molecule is COC(=O)c1ccc(Nc2cncc(C(=O)NCc3cccnc3)c2)cc1. The number of pyridine rings is 2. The molecule has 3 rings (SSSR count). The lowest BCUT2D eigenvalue weighted by Crippen LogP contribution is -2.23. The average molecular weight is 362 g/mol. The Hall–Kier alpha value is -3.74. The first-order chi connectivity index (χ1) is 13.2. The van der Waals surface area contributed by atoms with Crippen molar-refractivity contribution in [1.29, 1.82) is 0 Å². The van der Waals surface area contributed by atoms with Gasteiger partial charge in [-0.05, 0) is 42.0 Å². The van der Waals surface area contributed by atoms with Gasteiger partial charge in [0.2, 0.25) is 0 Å². The number of benzene rings is 1. The van der Waals surface area contributed by atoms with E-state index in [1.807, 2.05) is 12.1 Å². The van der Waals surface area contributed by atoms with E-state index in [1.165, 1.54) is 13.3 Å². The molecule has 2 aromatic heterocycles. The van der Waals surface area contributed by atoms with Gasteiger partial charge < -0.3 is 15.4 Å². The predicted molar refractivity (Wildman–Crippen MR) is 101 cm³/mol. The molecule has 0 aliphatic heterocycles. The Morgan fingerprint density at radius 2 is 1.78 bits per heavy atom. The van der Waals surface area contributed by atoms with E-state index in [4.69, 9.17) is 0 Å². The normalized spacial score (nSPS) is 10.1. The van der Waals surface area contributed by atoms with Crippen molar-refractivity contribution >= 4 is 23.3 Å². The van der Waals surface area contributed by atoms with E-state index in [2.05, 4.69) is 25.3 Å². The molecular formula is C20H18N4O3. The summed E-state index contributed by atoms with van der Waals surface area (Å²) in [6.45, 7) is 0.388. The van der Waals surface area contributed by atoms with Crippen LogP contribution >= 0.6 is 0 Å². The molecule has 0 saturated heterocycles. The van der Waals surface area contributed by atoms with Gasteiger partial charge in [-0.25, -0.2) is 4.79 Å². The van der Waals surface area contributed by atoms with E-state index < -0.39 is 5.97 Å². The maximum atomic E-state index is 12.3. The molecule has 0 unspecified atom stereocenters. The van der Waals surface area contributed by atoms with Gasteiger partial charge >= 0.3 is 5.97 Å². The number of rotatable bonds is 6. The molecule has 27 heavy (non-hydrogen) atoms. The summed E-state index contributed by atoms with van der Waals surface area (Å²) in [5.41, 5.74) is 3.24. The molecule has 0 saturated carbocycles. The van der Waals surface area contributed by atoms with E-state index in [0.29, 0.717) is 23.4 Å². The van der Waals surface area contributed by atoms with Gasteiger partial charge in [-0.2, -0.15) is 0 Å². The largest absolute Gasteiger partial charge is 0.465 e. The number of methoxy groups -OCH3 is 1. The molecule has 0 bridgehead atoms. The molecule has 7 nitrogen and oxygen atoms in total. The van der Waals surface area contributed by atoms with Crippen molar-refractivity contribution in [2.45, 2.75) is 6.54 Å². The van der Waals surface area contributed by atoms with Crippen LogP contribution in [0.25, 0.3) is 0 Å². The number of carbonyl (C=O) groups excluding carboxylic acids is 2. The highest BCUT2D eigenvalue weighted by molar-refractivity contribution is 5.95. The van der Waals surface area contributed by atoms with Crippen LogP contribution in [0.3, 0.4) is 0 Å². The summed E-state index contributed by atoms with van der Waals surface area (Å²) >= 11 is 0. The molecule has 0 radical (unpaired) electrons. The van der Waals surface area contributed by atoms with Gasteiger partial charge in [0.25, 0.3) is 5.91 Å². The van der Waals surface area contributed by atoms with Crippen LogP contribution in [0.5, 0.6) is 0 Å². The van der Waals surface area contributed by atoms with Crippen LogP contribution in [0, 0.1) is 0 Å². The summed E-state index contributed by atoms with van der Waals surface area (Å²) in [6.07, 6.45) is 6.51. The maximum Gasteiger partial charge on any atom is 0.337 e. The molecule has 0 fully saturated rings. The summed E-state index contributed by atoms with van der Waals surface area (Å²) in [5.74, 6) is -0.619. The Kier molecular flexibility index (Phi) is 5.73. The van der Waals surface area contributed by atoms with Gasteiger partial charge in [-0.3, -0.25) is 14.8 Å². The Balaban J connectivity index is 1.64. The number of hydrogen-bond acceptors (Lipinski definition) is 6. The Morgan fingerprint density at radius 3 is 2.48 bits per heavy atom. The van der Waals surface area contributed by atoms with Gasteiger partial charge in [-0.15, -0.1) is 0 Å². The molecule has 2 N–H and O–H groups in total. The van der Waals surface area contributed by atoms with Gasteiger partial charge in [0.15, 0.2) is 0 Å². The molecule has 0 aliphatic carbocycles. The predicted octanol–water partition coefficient (Wildman–Crippen LogP) is 2.94. The van der Waals surface area contributed by atoms with E-state index in [-0.39, 0.29) is 5.91 Å². The molecule has 1 aromatic carbocycles. The summed E-state index contributed by atoms with van der Waals surface area (Å²) in [6, 6.07) is 12.2. The minimum absolute atomic E-state index is 0.226. The molecule has 7 heteroatoms. The van der Waals surface area contributed by atoms with Gasteiger partial charge in [-0.1, -0.05) is 6.07 Å². The van der Waals surface area contributed by atoms with E-state index in [1.54, 1.807) is 48.9 Å². The number of amides is 1. The second-order valence-electron chi connectivity index (χ2n) is 5.70. The summed E-state index contributed by atoms with van der Waals surface area (Å²) < 4.78 is 4.67. The van der Waals surface area contributed by atoms with Crippen LogP contribution in [0.1, 0.15) is 26.3 Å². The second-order valence-corrected chi connectivity index (χ2v) is 5.70. The first kappa shape index (κ1) is 18.1. The smallest absolute Gasteiger partial charge is 0.337 e. The number of ether oxygens (including phenoxy) is 1. The van der Waals surface area contributed by atoms with Crippen molar-refractivity contribution in [1.82, 2.24) is 15.3 Å². The van der Waals surface area contributed by atoms with Crippen LogP contribution in [0.4, 0.5) is 11.4 Å². The molecule has 0 atom stereocenters. The van der Waals surface area contributed by atoms with Gasteiger partial charge in [0.1, 0.15) is 0 Å². The van der Waals surface area contributed by atoms with Crippen LogP contribution in [0.15, 0.2) is 67.3 Å². The number of esters is 1. The minimum Gasteiger partial charge on any atom is -0.465 e. The molecule has 0 spiro atoms. The topological polar surface area (TPSA) is 93.2 Å². The van der Waals surface area contributed by atoms with Gasteiger partial charge in [0.05, 0.1) is 30.1 Å². The fourth-order valence-electron chi connectivity index (χ4n) is 2.39. The number of carbonyl (C=O) groups is 2. The zero-order valence-corrected chi connectivity index (χ0v) is 14.7. The van der Waals surface area contributed by atoms with Crippen molar-refractivity contribution in [3.05, 3.63) is 83.9 Å². The van der Waals surface area contributed by atoms with Crippen molar-refractivity contribution in [3.63, 3.8) is 0 Å². The van der Waals surface area contributed by atoms with Gasteiger partial charge in [0, 0.05) is 30.8 Å². The zero-order valence-electron chi connectivity index (χ0n) is 14.7. The van der Waals surface area contributed by atoms with E-state index >= 15 is 0 Å². The average Bonchev–Trinajstić information content (AvgIpc) is 2.73. The molecule has 136 valence electrons. The highest BCUT2D eigenvalue weighted by Gasteiger charge is 2.08. The lowest BCUT2D eigenvalue weighted by Gasteiger charge is -2.09. The lowest BCUT2D eigenvalue weighted by molar-refractivity contribution is 0.0600. The van der Waals surface area contributed by atoms with Crippen LogP contribution < -0.4 is 10.6 Å². The fraction of sp³-hybridized carbons (Fsp3) is 0.100. The third-order valence-electron chi connectivity index (χ3n) is 3.77. The molecule has 0 aliphatic rings. The Labute approximate surface area is 156 Å². The monoisotopic (exact) mass is 362 g/mol. The molecule has 1 amide bonds. The summed E-state index contributed by atoms with van der Waals surface area (Å²) in [7, 11) is 1.34. The van der Waals surface area contributed by atoms with Crippen molar-refractivity contribution in [2.75, 3.05) is 12.4 Å². The number of nitrogens with zero attached hydrogens (tertiary/aromatic N) is 2. The standard InChI is InChI=1S/C20H18N4O3/c1-27-20(26)15-4-6-17(7-5-15)24-18-9-16(12-22-13-18)19(25)23-11-14-3-2-8-21-10-14/h2-10,12-13,24H,11H2,1H3,(H,23,25).